The summed E-state index contributed by atoms with van der Waals surface area (Å²) < 4.78 is 6.18. The second kappa shape index (κ2) is 9.62. The Balaban J connectivity index is 1.30. The van der Waals surface area contributed by atoms with Crippen LogP contribution in [0.25, 0.3) is 0 Å². The van der Waals surface area contributed by atoms with Crippen molar-refractivity contribution < 1.29 is 9.53 Å². The first-order chi connectivity index (χ1) is 14.6. The van der Waals surface area contributed by atoms with Gasteiger partial charge < -0.3 is 19.9 Å². The summed E-state index contributed by atoms with van der Waals surface area (Å²) in [6.07, 6.45) is 6.66. The van der Waals surface area contributed by atoms with Crippen molar-refractivity contribution in [1.29, 1.82) is 0 Å². The van der Waals surface area contributed by atoms with Gasteiger partial charge in [-0.25, -0.2) is 9.97 Å². The van der Waals surface area contributed by atoms with Crippen molar-refractivity contribution in [2.24, 2.45) is 0 Å². The predicted molar refractivity (Wildman–Crippen MR) is 117 cm³/mol. The monoisotopic (exact) mass is 429 g/mol. The first kappa shape index (κ1) is 20.9. The molecule has 30 heavy (non-hydrogen) atoms. The summed E-state index contributed by atoms with van der Waals surface area (Å²) in [7, 11) is 0. The molecule has 0 unspecified atom stereocenters. The van der Waals surface area contributed by atoms with Crippen LogP contribution in [0.15, 0.2) is 30.6 Å². The number of rotatable bonds is 6. The molecule has 1 amide bonds. The summed E-state index contributed by atoms with van der Waals surface area (Å²) in [6, 6.07) is 5.82. The Morgan fingerprint density at radius 1 is 1.17 bits per heavy atom. The molecule has 2 saturated heterocycles. The lowest BCUT2D eigenvalue weighted by Crippen LogP contribution is -2.47. The number of aromatic nitrogens is 2. The van der Waals surface area contributed by atoms with Gasteiger partial charge in [-0.2, -0.15) is 0 Å². The maximum atomic E-state index is 12.0. The van der Waals surface area contributed by atoms with Gasteiger partial charge in [0.15, 0.2) is 0 Å². The minimum Gasteiger partial charge on any atom is -0.489 e. The van der Waals surface area contributed by atoms with E-state index in [0.717, 1.165) is 62.5 Å². The largest absolute Gasteiger partial charge is 0.489 e. The van der Waals surface area contributed by atoms with E-state index >= 15 is 0 Å². The van der Waals surface area contributed by atoms with Gasteiger partial charge in [-0.05, 0) is 29.7 Å². The molecule has 0 atom stereocenters. The van der Waals surface area contributed by atoms with Crippen LogP contribution in [0.5, 0.6) is 5.75 Å². The number of carbonyl (C=O) groups excluding carboxylic acids is 1. The predicted octanol–water partition coefficient (Wildman–Crippen LogP) is 2.67. The zero-order chi connectivity index (χ0) is 20.9. The van der Waals surface area contributed by atoms with Crippen LogP contribution in [0, 0.1) is 0 Å². The summed E-state index contributed by atoms with van der Waals surface area (Å²) in [5.74, 6) is 1.61. The number of piperazine rings is 1. The van der Waals surface area contributed by atoms with E-state index in [9.17, 15) is 4.79 Å². The highest BCUT2D eigenvalue weighted by atomic mass is 35.5. The zero-order valence-corrected chi connectivity index (χ0v) is 18.1. The van der Waals surface area contributed by atoms with Crippen molar-refractivity contribution in [1.82, 2.24) is 20.2 Å². The van der Waals surface area contributed by atoms with Crippen molar-refractivity contribution in [3.05, 3.63) is 46.7 Å². The third kappa shape index (κ3) is 5.02. The molecule has 1 N–H and O–H groups in total. The van der Waals surface area contributed by atoms with E-state index in [-0.39, 0.29) is 12.0 Å². The smallest absolute Gasteiger partial charge is 0.236 e. The van der Waals surface area contributed by atoms with Crippen molar-refractivity contribution >= 4 is 23.5 Å². The number of carbonyl (C=O) groups is 1. The van der Waals surface area contributed by atoms with Crippen molar-refractivity contribution in [3.63, 3.8) is 0 Å². The minimum atomic E-state index is 0.120. The Hall–Kier alpha value is -2.38. The molecule has 1 aromatic carbocycles. The van der Waals surface area contributed by atoms with E-state index in [4.69, 9.17) is 16.3 Å². The summed E-state index contributed by atoms with van der Waals surface area (Å²) in [6.45, 7) is 6.35. The second-order valence-corrected chi connectivity index (χ2v) is 8.21. The van der Waals surface area contributed by atoms with Crippen LogP contribution in [-0.4, -0.2) is 59.6 Å². The molecule has 4 rings (SSSR count). The van der Waals surface area contributed by atoms with Gasteiger partial charge >= 0.3 is 0 Å². The summed E-state index contributed by atoms with van der Waals surface area (Å²) in [4.78, 5) is 25.0. The molecule has 0 radical (unpaired) electrons. The number of nitrogens with one attached hydrogen (secondary N) is 1. The molecule has 2 aliphatic heterocycles. The highest BCUT2D eigenvalue weighted by molar-refractivity contribution is 6.32. The van der Waals surface area contributed by atoms with Crippen LogP contribution < -0.4 is 15.0 Å². The highest BCUT2D eigenvalue weighted by Gasteiger charge is 2.23. The van der Waals surface area contributed by atoms with Gasteiger partial charge in [0, 0.05) is 58.0 Å². The SMILES string of the molecule is CCc1cnc(N2CCC(Oc3ccc(CN4CCNCC4=O)cc3Cl)CC2)nc1. The van der Waals surface area contributed by atoms with Gasteiger partial charge in [0.05, 0.1) is 11.6 Å². The summed E-state index contributed by atoms with van der Waals surface area (Å²) >= 11 is 6.48. The van der Waals surface area contributed by atoms with Gasteiger partial charge in [-0.1, -0.05) is 24.6 Å². The number of anilines is 1. The quantitative estimate of drug-likeness (QED) is 0.761. The number of aryl methyl sites for hydroxylation is 1. The zero-order valence-electron chi connectivity index (χ0n) is 17.3. The van der Waals surface area contributed by atoms with Crippen LogP contribution in [-0.2, 0) is 17.8 Å². The summed E-state index contributed by atoms with van der Waals surface area (Å²) in [5, 5.41) is 3.68. The highest BCUT2D eigenvalue weighted by Crippen LogP contribution is 2.29. The second-order valence-electron chi connectivity index (χ2n) is 7.81. The van der Waals surface area contributed by atoms with Crippen LogP contribution in [0.2, 0.25) is 5.02 Å². The molecule has 0 saturated carbocycles. The van der Waals surface area contributed by atoms with Crippen molar-refractivity contribution in [3.8, 4) is 5.75 Å². The van der Waals surface area contributed by atoms with Gasteiger partial charge in [0.1, 0.15) is 11.9 Å². The maximum absolute atomic E-state index is 12.0. The third-order valence-electron chi connectivity index (χ3n) is 5.68. The van der Waals surface area contributed by atoms with E-state index in [1.807, 2.05) is 35.5 Å². The van der Waals surface area contributed by atoms with Crippen LogP contribution >= 0.6 is 11.6 Å². The molecular weight excluding hydrogens is 402 g/mol. The Morgan fingerprint density at radius 3 is 2.60 bits per heavy atom. The van der Waals surface area contributed by atoms with E-state index in [1.165, 1.54) is 0 Å². The van der Waals surface area contributed by atoms with Gasteiger partial charge in [0.25, 0.3) is 0 Å². The molecule has 0 spiro atoms. The molecular formula is C22H28ClN5O2. The Bertz CT molecular complexity index is 868. The maximum Gasteiger partial charge on any atom is 0.236 e. The minimum absolute atomic E-state index is 0.120. The fourth-order valence-electron chi connectivity index (χ4n) is 3.82. The first-order valence-electron chi connectivity index (χ1n) is 10.6. The van der Waals surface area contributed by atoms with Crippen LogP contribution in [0.1, 0.15) is 30.9 Å². The van der Waals surface area contributed by atoms with E-state index in [2.05, 4.69) is 27.1 Å². The molecule has 2 fully saturated rings. The fraction of sp³-hybridized carbons (Fsp3) is 0.500. The molecule has 1 aromatic heterocycles. The molecule has 0 bridgehead atoms. The van der Waals surface area contributed by atoms with Gasteiger partial charge in [-0.3, -0.25) is 4.79 Å². The fourth-order valence-corrected chi connectivity index (χ4v) is 4.07. The van der Waals surface area contributed by atoms with Crippen LogP contribution in [0.3, 0.4) is 0 Å². The van der Waals surface area contributed by atoms with Crippen LogP contribution in [0.4, 0.5) is 5.95 Å². The van der Waals surface area contributed by atoms with Crippen molar-refractivity contribution in [2.75, 3.05) is 37.6 Å². The number of hydrogen-bond donors (Lipinski definition) is 1. The number of ether oxygens (including phenoxy) is 1. The van der Waals surface area contributed by atoms with Gasteiger partial charge in [0.2, 0.25) is 11.9 Å². The number of hydrogen-bond acceptors (Lipinski definition) is 6. The molecule has 2 aliphatic rings. The molecule has 160 valence electrons. The molecule has 0 aliphatic carbocycles. The molecule has 7 nitrogen and oxygen atoms in total. The lowest BCUT2D eigenvalue weighted by molar-refractivity contribution is -0.132. The number of amides is 1. The van der Waals surface area contributed by atoms with Gasteiger partial charge in [-0.15, -0.1) is 0 Å². The Kier molecular flexibility index (Phi) is 6.69. The molecule has 8 heteroatoms. The van der Waals surface area contributed by atoms with Crippen molar-refractivity contribution in [2.45, 2.75) is 38.8 Å². The standard InChI is InChI=1S/C22H28ClN5O2/c1-2-16-12-25-22(26-13-16)27-8-5-18(6-9-27)30-20-4-3-17(11-19(20)23)15-28-10-7-24-14-21(28)29/h3-4,11-13,18,24H,2,5-10,14-15H2,1H3. The Labute approximate surface area is 182 Å². The topological polar surface area (TPSA) is 70.6 Å². The average molecular weight is 430 g/mol. The summed E-state index contributed by atoms with van der Waals surface area (Å²) in [5.41, 5.74) is 2.17. The molecule has 3 heterocycles. The first-order valence-corrected chi connectivity index (χ1v) is 11.0. The Morgan fingerprint density at radius 2 is 1.93 bits per heavy atom. The number of piperidine rings is 1. The average Bonchev–Trinajstić information content (AvgIpc) is 2.78. The number of nitrogens with zero attached hydrogens (tertiary/aromatic N) is 4. The molecule has 2 aromatic rings. The van der Waals surface area contributed by atoms with E-state index in [1.54, 1.807) is 0 Å². The van der Waals surface area contributed by atoms with E-state index in [0.29, 0.717) is 23.9 Å². The third-order valence-corrected chi connectivity index (χ3v) is 5.97. The van der Waals surface area contributed by atoms with E-state index < -0.39 is 0 Å². The normalized spacial score (nSPS) is 18.0. The number of benzene rings is 1. The lowest BCUT2D eigenvalue weighted by atomic mass is 10.1. The number of halogens is 1. The lowest BCUT2D eigenvalue weighted by Gasteiger charge is -2.32.